The monoisotopic (exact) mass is 551 g/mol. The second-order valence-electron chi connectivity index (χ2n) is 11.0. The molecule has 2 heterocycles. The van der Waals surface area contributed by atoms with Crippen LogP contribution < -0.4 is 0 Å². The van der Waals surface area contributed by atoms with E-state index in [1.54, 1.807) is 0 Å². The molecule has 0 unspecified atom stereocenters. The molecule has 3 heteroatoms. The first-order valence-electron chi connectivity index (χ1n) is 14.8. The van der Waals surface area contributed by atoms with Gasteiger partial charge in [0, 0.05) is 34.1 Å². The molecular formula is C40H29N3. The molecule has 0 amide bonds. The van der Waals surface area contributed by atoms with Crippen molar-refractivity contribution in [3.8, 4) is 50.6 Å². The van der Waals surface area contributed by atoms with E-state index in [-0.39, 0.29) is 0 Å². The first kappa shape index (κ1) is 25.2. The van der Waals surface area contributed by atoms with Crippen molar-refractivity contribution in [3.63, 3.8) is 0 Å². The maximum atomic E-state index is 4.99. The van der Waals surface area contributed by atoms with Gasteiger partial charge in [-0.15, -0.1) is 0 Å². The van der Waals surface area contributed by atoms with Crippen molar-refractivity contribution in [1.82, 2.24) is 14.5 Å². The van der Waals surface area contributed by atoms with Crippen LogP contribution in [0, 0.1) is 0 Å². The zero-order chi connectivity index (χ0) is 28.6. The highest BCUT2D eigenvalue weighted by Gasteiger charge is 2.18. The minimum atomic E-state index is 0.723. The van der Waals surface area contributed by atoms with Crippen molar-refractivity contribution in [2.75, 3.05) is 0 Å². The minimum Gasteiger partial charge on any atom is -0.310 e. The Morgan fingerprint density at radius 2 is 1.23 bits per heavy atom. The number of hydrogen-bond acceptors (Lipinski definition) is 2. The topological polar surface area (TPSA) is 30.7 Å². The number of fused-ring (bicyclic) bond motifs is 3. The van der Waals surface area contributed by atoms with Crippen LogP contribution in [0.3, 0.4) is 0 Å². The third-order valence-electron chi connectivity index (χ3n) is 8.38. The maximum Gasteiger partial charge on any atom is 0.159 e. The van der Waals surface area contributed by atoms with Gasteiger partial charge < -0.3 is 4.57 Å². The smallest absolute Gasteiger partial charge is 0.159 e. The normalized spacial score (nSPS) is 12.4. The lowest BCUT2D eigenvalue weighted by Gasteiger charge is -2.12. The van der Waals surface area contributed by atoms with E-state index in [0.29, 0.717) is 0 Å². The first-order valence-corrected chi connectivity index (χ1v) is 14.8. The predicted molar refractivity (Wildman–Crippen MR) is 178 cm³/mol. The number of allylic oxidation sites excluding steroid dienone is 1. The van der Waals surface area contributed by atoms with Crippen molar-refractivity contribution in [2.24, 2.45) is 0 Å². The lowest BCUT2D eigenvalue weighted by molar-refractivity contribution is 0.967. The van der Waals surface area contributed by atoms with Gasteiger partial charge in [0.2, 0.25) is 0 Å². The molecule has 204 valence electrons. The van der Waals surface area contributed by atoms with Crippen molar-refractivity contribution < 1.29 is 0 Å². The fourth-order valence-electron chi connectivity index (χ4n) is 6.23. The lowest BCUT2D eigenvalue weighted by Crippen LogP contribution is -2.00. The van der Waals surface area contributed by atoms with E-state index in [0.717, 1.165) is 46.7 Å². The van der Waals surface area contributed by atoms with Crippen LogP contribution in [0.5, 0.6) is 0 Å². The summed E-state index contributed by atoms with van der Waals surface area (Å²) in [6.45, 7) is 0. The molecule has 8 rings (SSSR count). The van der Waals surface area contributed by atoms with Crippen molar-refractivity contribution >= 4 is 17.0 Å². The summed E-state index contributed by atoms with van der Waals surface area (Å²) in [5, 5.41) is 1.34. The maximum absolute atomic E-state index is 4.99. The number of aryl methyl sites for hydroxylation is 1. The Morgan fingerprint density at radius 1 is 0.558 bits per heavy atom. The molecule has 43 heavy (non-hydrogen) atoms. The summed E-state index contributed by atoms with van der Waals surface area (Å²) in [5.41, 5.74) is 12.9. The van der Waals surface area contributed by atoms with Gasteiger partial charge in [0.05, 0.1) is 11.2 Å². The van der Waals surface area contributed by atoms with E-state index >= 15 is 0 Å². The molecule has 0 bridgehead atoms. The second kappa shape index (κ2) is 10.7. The minimum absolute atomic E-state index is 0.723. The third-order valence-corrected chi connectivity index (χ3v) is 8.38. The van der Waals surface area contributed by atoms with Crippen LogP contribution in [-0.4, -0.2) is 14.5 Å². The summed E-state index contributed by atoms with van der Waals surface area (Å²) in [5.74, 6) is 0.723. The van der Waals surface area contributed by atoms with E-state index in [1.165, 1.54) is 38.9 Å². The Bertz CT molecular complexity index is 2100. The van der Waals surface area contributed by atoms with E-state index in [2.05, 4.69) is 143 Å². The second-order valence-corrected chi connectivity index (χ2v) is 11.0. The number of benzene rings is 5. The van der Waals surface area contributed by atoms with Gasteiger partial charge in [0.25, 0.3) is 0 Å². The number of rotatable bonds is 5. The molecule has 0 atom stereocenters. The average Bonchev–Trinajstić information content (AvgIpc) is 3.43. The summed E-state index contributed by atoms with van der Waals surface area (Å²) in [7, 11) is 0. The van der Waals surface area contributed by atoms with Crippen LogP contribution in [0.4, 0.5) is 0 Å². The van der Waals surface area contributed by atoms with Gasteiger partial charge in [-0.3, -0.25) is 0 Å². The Balaban J connectivity index is 1.09. The highest BCUT2D eigenvalue weighted by Crippen LogP contribution is 2.34. The Kier molecular flexibility index (Phi) is 6.27. The number of para-hydroxylation sites is 1. The van der Waals surface area contributed by atoms with Gasteiger partial charge in [-0.1, -0.05) is 97.1 Å². The molecule has 0 fully saturated rings. The first-order chi connectivity index (χ1) is 21.3. The SMILES string of the molecule is C1=Cc2c(c3ccccc3n2-c2ccc(-c3nccc(-c4cccc(-c5ccc(-c6ccccc6)cc5)c4)n3)cc2)CC1. The predicted octanol–water partition coefficient (Wildman–Crippen LogP) is 10.0. The average molecular weight is 552 g/mol. The third kappa shape index (κ3) is 4.65. The highest BCUT2D eigenvalue weighted by molar-refractivity contribution is 5.90. The van der Waals surface area contributed by atoms with E-state index < -0.39 is 0 Å². The largest absolute Gasteiger partial charge is 0.310 e. The molecule has 2 aromatic heterocycles. The molecule has 1 aliphatic rings. The van der Waals surface area contributed by atoms with Gasteiger partial charge in [0.15, 0.2) is 5.82 Å². The highest BCUT2D eigenvalue weighted by atomic mass is 15.0. The molecule has 1 aliphatic carbocycles. The Morgan fingerprint density at radius 3 is 2.07 bits per heavy atom. The van der Waals surface area contributed by atoms with Crippen LogP contribution in [0.15, 0.2) is 146 Å². The standard InChI is InChI=1S/C40H29N3/c1-2-9-28(10-3-1)29-17-19-30(20-18-29)32-11-8-12-33(27-32)37-25-26-41-40(42-37)31-21-23-34(24-22-31)43-38-15-6-4-13-35(38)36-14-5-7-16-39(36)43/h1-4,6-13,15-27H,5,14H2. The van der Waals surface area contributed by atoms with Crippen molar-refractivity contribution in [2.45, 2.75) is 12.8 Å². The molecule has 0 aliphatic heterocycles. The summed E-state index contributed by atoms with van der Waals surface area (Å²) in [6.07, 6.45) is 8.58. The van der Waals surface area contributed by atoms with Crippen molar-refractivity contribution in [3.05, 3.63) is 157 Å². The molecule has 3 nitrogen and oxygen atoms in total. The molecule has 0 saturated heterocycles. The molecule has 0 spiro atoms. The molecular weight excluding hydrogens is 522 g/mol. The van der Waals surface area contributed by atoms with E-state index in [9.17, 15) is 0 Å². The molecule has 0 saturated carbocycles. The van der Waals surface area contributed by atoms with Crippen LogP contribution in [0.1, 0.15) is 17.7 Å². The zero-order valence-electron chi connectivity index (χ0n) is 23.7. The van der Waals surface area contributed by atoms with E-state index in [1.807, 2.05) is 18.3 Å². The number of aromatic nitrogens is 3. The zero-order valence-corrected chi connectivity index (χ0v) is 23.7. The molecule has 0 N–H and O–H groups in total. The number of hydrogen-bond donors (Lipinski definition) is 0. The fourth-order valence-corrected chi connectivity index (χ4v) is 6.23. The lowest BCUT2D eigenvalue weighted by atomic mass is 9.98. The van der Waals surface area contributed by atoms with Gasteiger partial charge in [-0.05, 0) is 89.2 Å². The van der Waals surface area contributed by atoms with Gasteiger partial charge in [0.1, 0.15) is 0 Å². The Labute approximate surface area is 251 Å². The summed E-state index contributed by atoms with van der Waals surface area (Å²) < 4.78 is 2.37. The molecule has 7 aromatic rings. The Hall–Kier alpha value is -5.54. The van der Waals surface area contributed by atoms with Gasteiger partial charge in [-0.2, -0.15) is 0 Å². The van der Waals surface area contributed by atoms with E-state index in [4.69, 9.17) is 4.98 Å². The fraction of sp³-hybridized carbons (Fsp3) is 0.0500. The van der Waals surface area contributed by atoms with Gasteiger partial charge >= 0.3 is 0 Å². The van der Waals surface area contributed by atoms with Crippen molar-refractivity contribution in [1.29, 1.82) is 0 Å². The summed E-state index contributed by atoms with van der Waals surface area (Å²) in [6, 6.07) is 47.1. The quantitative estimate of drug-likeness (QED) is 0.213. The van der Waals surface area contributed by atoms with Crippen LogP contribution >= 0.6 is 0 Å². The molecule has 0 radical (unpaired) electrons. The number of nitrogens with zero attached hydrogens (tertiary/aromatic N) is 3. The van der Waals surface area contributed by atoms with Crippen LogP contribution in [0.2, 0.25) is 0 Å². The van der Waals surface area contributed by atoms with Gasteiger partial charge in [-0.25, -0.2) is 9.97 Å². The van der Waals surface area contributed by atoms with Crippen LogP contribution in [0.25, 0.3) is 67.6 Å². The molecule has 5 aromatic carbocycles. The van der Waals surface area contributed by atoms with Crippen LogP contribution in [-0.2, 0) is 6.42 Å². The summed E-state index contributed by atoms with van der Waals surface area (Å²) >= 11 is 0. The summed E-state index contributed by atoms with van der Waals surface area (Å²) in [4.78, 5) is 9.62.